The Labute approximate surface area is 145 Å². The molecule has 126 valence electrons. The number of piperidine rings is 1. The van der Waals surface area contributed by atoms with E-state index < -0.39 is 0 Å². The highest BCUT2D eigenvalue weighted by atomic mass is 35.5. The number of rotatable bonds is 4. The van der Waals surface area contributed by atoms with Gasteiger partial charge in [-0.25, -0.2) is 0 Å². The summed E-state index contributed by atoms with van der Waals surface area (Å²) in [6.45, 7) is 2.24. The van der Waals surface area contributed by atoms with Gasteiger partial charge in [-0.15, -0.1) is 24.8 Å². The molecule has 1 aliphatic heterocycles. The van der Waals surface area contributed by atoms with Crippen molar-refractivity contribution in [3.8, 4) is 0 Å². The summed E-state index contributed by atoms with van der Waals surface area (Å²) in [5, 5.41) is 0. The maximum absolute atomic E-state index is 12.7. The van der Waals surface area contributed by atoms with Crippen molar-refractivity contribution >= 4 is 30.7 Å². The molecule has 0 spiro atoms. The SMILES string of the molecule is CN(C)Cc1cccc(C(=O)N2CCCCC2CN)c1.Cl.Cl. The molecule has 1 atom stereocenters. The maximum Gasteiger partial charge on any atom is 0.254 e. The normalized spacial score (nSPS) is 17.6. The van der Waals surface area contributed by atoms with Gasteiger partial charge in [-0.1, -0.05) is 12.1 Å². The van der Waals surface area contributed by atoms with Gasteiger partial charge in [0.05, 0.1) is 0 Å². The largest absolute Gasteiger partial charge is 0.334 e. The summed E-state index contributed by atoms with van der Waals surface area (Å²) in [4.78, 5) is 16.7. The van der Waals surface area contributed by atoms with Crippen LogP contribution in [0.25, 0.3) is 0 Å². The Morgan fingerprint density at radius 2 is 2.05 bits per heavy atom. The fourth-order valence-electron chi connectivity index (χ4n) is 2.85. The van der Waals surface area contributed by atoms with Crippen LogP contribution in [0.4, 0.5) is 0 Å². The first-order chi connectivity index (χ1) is 9.61. The van der Waals surface area contributed by atoms with Crippen LogP contribution in [0.5, 0.6) is 0 Å². The number of benzene rings is 1. The van der Waals surface area contributed by atoms with Crippen molar-refractivity contribution in [2.24, 2.45) is 5.73 Å². The Morgan fingerprint density at radius 1 is 1.32 bits per heavy atom. The Hall–Kier alpha value is -0.810. The Kier molecular flexibility index (Phi) is 9.69. The quantitative estimate of drug-likeness (QED) is 0.910. The first kappa shape index (κ1) is 21.2. The number of carbonyl (C=O) groups is 1. The van der Waals surface area contributed by atoms with Crippen molar-refractivity contribution in [3.05, 3.63) is 35.4 Å². The monoisotopic (exact) mass is 347 g/mol. The highest BCUT2D eigenvalue weighted by Gasteiger charge is 2.26. The van der Waals surface area contributed by atoms with Crippen LogP contribution < -0.4 is 5.73 Å². The topological polar surface area (TPSA) is 49.6 Å². The Morgan fingerprint density at radius 3 is 2.68 bits per heavy atom. The summed E-state index contributed by atoms with van der Waals surface area (Å²) in [5.41, 5.74) is 7.76. The van der Waals surface area contributed by atoms with Crippen molar-refractivity contribution in [2.45, 2.75) is 31.8 Å². The van der Waals surface area contributed by atoms with Crippen LogP contribution in [0.3, 0.4) is 0 Å². The van der Waals surface area contributed by atoms with E-state index in [1.54, 1.807) is 0 Å². The second kappa shape index (κ2) is 10.1. The summed E-state index contributed by atoms with van der Waals surface area (Å²) < 4.78 is 0. The molecular formula is C16H27Cl2N3O. The first-order valence-corrected chi connectivity index (χ1v) is 7.36. The molecule has 22 heavy (non-hydrogen) atoms. The third-order valence-electron chi connectivity index (χ3n) is 3.83. The van der Waals surface area contributed by atoms with Crippen LogP contribution in [0.15, 0.2) is 24.3 Å². The van der Waals surface area contributed by atoms with Gasteiger partial charge >= 0.3 is 0 Å². The fourth-order valence-corrected chi connectivity index (χ4v) is 2.85. The lowest BCUT2D eigenvalue weighted by atomic mass is 10.0. The molecule has 1 saturated heterocycles. The Balaban J connectivity index is 0.00000220. The van der Waals surface area contributed by atoms with Crippen LogP contribution >= 0.6 is 24.8 Å². The van der Waals surface area contributed by atoms with Crippen LogP contribution in [0.2, 0.25) is 0 Å². The van der Waals surface area contributed by atoms with Gasteiger partial charge in [0, 0.05) is 31.2 Å². The second-order valence-electron chi connectivity index (χ2n) is 5.82. The van der Waals surface area contributed by atoms with Gasteiger partial charge in [0.15, 0.2) is 0 Å². The number of halogens is 2. The van der Waals surface area contributed by atoms with Crippen LogP contribution in [0, 0.1) is 0 Å². The van der Waals surface area contributed by atoms with Crippen molar-refractivity contribution < 1.29 is 4.79 Å². The number of nitrogens with two attached hydrogens (primary N) is 1. The number of hydrogen-bond acceptors (Lipinski definition) is 3. The van der Waals surface area contributed by atoms with Crippen LogP contribution in [-0.4, -0.2) is 48.9 Å². The van der Waals surface area contributed by atoms with Crippen LogP contribution in [0.1, 0.15) is 35.2 Å². The molecule has 1 heterocycles. The second-order valence-corrected chi connectivity index (χ2v) is 5.82. The van der Waals surface area contributed by atoms with E-state index in [4.69, 9.17) is 5.73 Å². The number of likely N-dealkylation sites (tertiary alicyclic amines) is 1. The molecule has 0 aromatic heterocycles. The van der Waals surface area contributed by atoms with Gasteiger partial charge in [0.25, 0.3) is 5.91 Å². The predicted octanol–water partition coefficient (Wildman–Crippen LogP) is 2.55. The number of amides is 1. The average molecular weight is 348 g/mol. The molecule has 1 amide bonds. The molecule has 0 saturated carbocycles. The van der Waals surface area contributed by atoms with E-state index in [-0.39, 0.29) is 36.8 Å². The zero-order valence-electron chi connectivity index (χ0n) is 13.3. The van der Waals surface area contributed by atoms with Gasteiger partial charge < -0.3 is 15.5 Å². The molecule has 1 fully saturated rings. The van der Waals surface area contributed by atoms with Gasteiger partial charge in [0.1, 0.15) is 0 Å². The molecule has 1 aliphatic rings. The molecule has 1 aromatic rings. The number of nitrogens with zero attached hydrogens (tertiary/aromatic N) is 2. The molecule has 0 bridgehead atoms. The Bertz CT molecular complexity index is 468. The third kappa shape index (κ3) is 5.43. The molecule has 6 heteroatoms. The smallest absolute Gasteiger partial charge is 0.254 e. The highest BCUT2D eigenvalue weighted by molar-refractivity contribution is 5.94. The maximum atomic E-state index is 12.7. The average Bonchev–Trinajstić information content (AvgIpc) is 2.46. The minimum absolute atomic E-state index is 0. The molecular weight excluding hydrogens is 321 g/mol. The van der Waals surface area contributed by atoms with Crippen molar-refractivity contribution in [1.29, 1.82) is 0 Å². The number of carbonyl (C=O) groups excluding carboxylic acids is 1. The van der Waals surface area contributed by atoms with Crippen molar-refractivity contribution in [3.63, 3.8) is 0 Å². The van der Waals surface area contributed by atoms with Gasteiger partial charge in [-0.2, -0.15) is 0 Å². The molecule has 0 radical (unpaired) electrons. The van der Waals surface area contributed by atoms with Crippen molar-refractivity contribution in [1.82, 2.24) is 9.80 Å². The molecule has 2 N–H and O–H groups in total. The summed E-state index contributed by atoms with van der Waals surface area (Å²) >= 11 is 0. The van der Waals surface area contributed by atoms with E-state index in [1.807, 2.05) is 37.2 Å². The predicted molar refractivity (Wildman–Crippen MR) is 96.1 cm³/mol. The number of hydrogen-bond donors (Lipinski definition) is 1. The first-order valence-electron chi connectivity index (χ1n) is 7.36. The van der Waals surface area contributed by atoms with E-state index >= 15 is 0 Å². The summed E-state index contributed by atoms with van der Waals surface area (Å²) in [7, 11) is 4.06. The standard InChI is InChI=1S/C16H25N3O.2ClH/c1-18(2)12-13-6-5-7-14(10-13)16(20)19-9-4-3-8-15(19)11-17;;/h5-7,10,15H,3-4,8-9,11-12,17H2,1-2H3;2*1H. The zero-order chi connectivity index (χ0) is 14.5. The minimum Gasteiger partial charge on any atom is -0.334 e. The zero-order valence-corrected chi connectivity index (χ0v) is 15.0. The van der Waals surface area contributed by atoms with E-state index in [0.717, 1.165) is 31.5 Å². The van der Waals surface area contributed by atoms with Gasteiger partial charge in [-0.3, -0.25) is 4.79 Å². The molecule has 1 aromatic carbocycles. The summed E-state index contributed by atoms with van der Waals surface area (Å²) in [6.07, 6.45) is 3.28. The van der Waals surface area contributed by atoms with E-state index in [9.17, 15) is 4.79 Å². The summed E-state index contributed by atoms with van der Waals surface area (Å²) in [6, 6.07) is 8.14. The lowest BCUT2D eigenvalue weighted by molar-refractivity contribution is 0.0623. The highest BCUT2D eigenvalue weighted by Crippen LogP contribution is 2.19. The van der Waals surface area contributed by atoms with Crippen molar-refractivity contribution in [2.75, 3.05) is 27.2 Å². The van der Waals surface area contributed by atoms with E-state index in [1.165, 1.54) is 12.0 Å². The van der Waals surface area contributed by atoms with E-state index in [0.29, 0.717) is 6.54 Å². The van der Waals surface area contributed by atoms with Gasteiger partial charge in [-0.05, 0) is 51.1 Å². The molecule has 2 rings (SSSR count). The molecule has 1 unspecified atom stereocenters. The lowest BCUT2D eigenvalue weighted by Crippen LogP contribution is -2.47. The van der Waals surface area contributed by atoms with E-state index in [2.05, 4.69) is 11.0 Å². The lowest BCUT2D eigenvalue weighted by Gasteiger charge is -2.35. The summed E-state index contributed by atoms with van der Waals surface area (Å²) in [5.74, 6) is 0.126. The third-order valence-corrected chi connectivity index (χ3v) is 3.83. The van der Waals surface area contributed by atoms with Gasteiger partial charge in [0.2, 0.25) is 0 Å². The molecule has 0 aliphatic carbocycles. The fraction of sp³-hybridized carbons (Fsp3) is 0.562. The minimum atomic E-state index is 0. The van der Waals surface area contributed by atoms with Crippen LogP contribution in [-0.2, 0) is 6.54 Å². The molecule has 4 nitrogen and oxygen atoms in total.